The second-order valence-electron chi connectivity index (χ2n) is 6.91. The first-order valence-electron chi connectivity index (χ1n) is 8.32. The Labute approximate surface area is 140 Å². The van der Waals surface area contributed by atoms with E-state index < -0.39 is 11.5 Å². The molecule has 1 fully saturated rings. The molecule has 0 spiro atoms. The number of rotatable bonds is 2. The number of hydrogen-bond acceptors (Lipinski definition) is 6. The van der Waals surface area contributed by atoms with Gasteiger partial charge in [0, 0.05) is 32.4 Å². The van der Waals surface area contributed by atoms with E-state index in [0.717, 1.165) is 29.0 Å². The quantitative estimate of drug-likeness (QED) is 0.825. The van der Waals surface area contributed by atoms with Crippen molar-refractivity contribution in [3.63, 3.8) is 0 Å². The van der Waals surface area contributed by atoms with Crippen LogP contribution >= 0.6 is 0 Å². The van der Waals surface area contributed by atoms with Gasteiger partial charge in [-0.2, -0.15) is 0 Å². The van der Waals surface area contributed by atoms with Gasteiger partial charge >= 0.3 is 0 Å². The molecule has 3 aliphatic heterocycles. The van der Waals surface area contributed by atoms with Crippen LogP contribution < -0.4 is 9.47 Å². The van der Waals surface area contributed by atoms with Gasteiger partial charge in [0.2, 0.25) is 6.79 Å². The molecule has 1 aliphatic carbocycles. The van der Waals surface area contributed by atoms with Gasteiger partial charge in [-0.05, 0) is 24.1 Å². The number of ether oxygens (including phenoxy) is 4. The zero-order chi connectivity index (χ0) is 16.5. The molecule has 0 amide bonds. The molecule has 1 saturated heterocycles. The predicted octanol–water partition coefficient (Wildman–Crippen LogP) is 1.33. The molecule has 0 saturated carbocycles. The van der Waals surface area contributed by atoms with Gasteiger partial charge in [-0.25, -0.2) is 0 Å². The van der Waals surface area contributed by atoms with Gasteiger partial charge in [0.1, 0.15) is 6.23 Å². The summed E-state index contributed by atoms with van der Waals surface area (Å²) in [6.45, 7) is 0.811. The highest BCUT2D eigenvalue weighted by atomic mass is 16.7. The largest absolute Gasteiger partial charge is 0.454 e. The maximum absolute atomic E-state index is 11.0. The molecule has 1 aromatic carbocycles. The fraction of sp³-hybridized carbons (Fsp3) is 0.556. The highest BCUT2D eigenvalue weighted by Gasteiger charge is 2.61. The Kier molecular flexibility index (Phi) is 3.04. The SMILES string of the molecule is CO[C@@H]1C=C[C@@]23c4cc5c(cc4[C@H](OC)N(C[C@H]2O)[C@H]3C1)OCO5. The minimum absolute atomic E-state index is 0.0593. The average Bonchev–Trinajstić information content (AvgIpc) is 3.15. The Hall–Kier alpha value is -1.60. The summed E-state index contributed by atoms with van der Waals surface area (Å²) in [5.74, 6) is 1.49. The van der Waals surface area contributed by atoms with Crippen LogP contribution in [0.25, 0.3) is 0 Å². The molecule has 24 heavy (non-hydrogen) atoms. The Morgan fingerprint density at radius 1 is 1.21 bits per heavy atom. The van der Waals surface area contributed by atoms with Crippen molar-refractivity contribution in [2.45, 2.75) is 36.3 Å². The van der Waals surface area contributed by atoms with Crippen molar-refractivity contribution >= 4 is 0 Å². The lowest BCUT2D eigenvalue weighted by atomic mass is 9.65. The molecule has 3 heterocycles. The van der Waals surface area contributed by atoms with Crippen LogP contribution in [0.4, 0.5) is 0 Å². The standard InChI is InChI=1S/C18H21NO5/c1-21-10-3-4-18-12-7-14-13(23-9-24-14)6-11(12)17(22-2)19(8-16(18)20)15(18)5-10/h3-4,6-7,10,15-17,20H,5,8-9H2,1-2H3/t10-,15+,16-,17+,18+/m1/s1. The van der Waals surface area contributed by atoms with Crippen LogP contribution in [-0.2, 0) is 14.9 Å². The number of hydrogen-bond donors (Lipinski definition) is 1. The van der Waals surface area contributed by atoms with E-state index in [2.05, 4.69) is 17.1 Å². The van der Waals surface area contributed by atoms with Crippen molar-refractivity contribution in [1.29, 1.82) is 0 Å². The zero-order valence-electron chi connectivity index (χ0n) is 13.8. The van der Waals surface area contributed by atoms with E-state index in [4.69, 9.17) is 18.9 Å². The summed E-state index contributed by atoms with van der Waals surface area (Å²) in [4.78, 5) is 2.25. The molecule has 6 nitrogen and oxygen atoms in total. The summed E-state index contributed by atoms with van der Waals surface area (Å²) in [5, 5.41) is 11.0. The Bertz CT molecular complexity index is 720. The average molecular weight is 331 g/mol. The number of nitrogens with zero attached hydrogens (tertiary/aromatic N) is 1. The molecule has 4 aliphatic rings. The number of fused-ring (bicyclic) bond motifs is 2. The third-order valence-corrected chi connectivity index (χ3v) is 6.03. The van der Waals surface area contributed by atoms with Crippen LogP contribution in [0.15, 0.2) is 24.3 Å². The topological polar surface area (TPSA) is 60.4 Å². The lowest BCUT2D eigenvalue weighted by Gasteiger charge is -2.48. The molecule has 1 unspecified atom stereocenters. The summed E-state index contributed by atoms with van der Waals surface area (Å²) in [6.07, 6.45) is 4.41. The second-order valence-corrected chi connectivity index (χ2v) is 6.91. The minimum atomic E-state index is -0.490. The molecule has 128 valence electrons. The first kappa shape index (κ1) is 14.7. The molecule has 6 heteroatoms. The molecule has 6 atom stereocenters. The zero-order valence-corrected chi connectivity index (χ0v) is 13.8. The van der Waals surface area contributed by atoms with Crippen LogP contribution in [0.5, 0.6) is 11.5 Å². The van der Waals surface area contributed by atoms with Crippen LogP contribution in [0, 0.1) is 0 Å². The van der Waals surface area contributed by atoms with Crippen molar-refractivity contribution in [3.05, 3.63) is 35.4 Å². The summed E-state index contributed by atoms with van der Waals surface area (Å²) in [7, 11) is 3.44. The second kappa shape index (κ2) is 4.95. The van der Waals surface area contributed by atoms with Crippen LogP contribution in [0.1, 0.15) is 23.8 Å². The van der Waals surface area contributed by atoms with Crippen molar-refractivity contribution in [2.24, 2.45) is 0 Å². The monoisotopic (exact) mass is 331 g/mol. The summed E-state index contributed by atoms with van der Waals surface area (Å²) in [6, 6.07) is 4.17. The number of benzene rings is 1. The van der Waals surface area contributed by atoms with Crippen molar-refractivity contribution < 1.29 is 24.1 Å². The van der Waals surface area contributed by atoms with Crippen LogP contribution in [0.3, 0.4) is 0 Å². The van der Waals surface area contributed by atoms with Crippen molar-refractivity contribution in [3.8, 4) is 11.5 Å². The van der Waals surface area contributed by atoms with Crippen molar-refractivity contribution in [2.75, 3.05) is 27.6 Å². The third kappa shape index (κ3) is 1.64. The van der Waals surface area contributed by atoms with E-state index in [9.17, 15) is 5.11 Å². The Balaban J connectivity index is 1.75. The van der Waals surface area contributed by atoms with E-state index in [1.165, 1.54) is 0 Å². The molecular formula is C18H21NO5. The lowest BCUT2D eigenvalue weighted by Crippen LogP contribution is -2.53. The number of aliphatic hydroxyl groups excluding tert-OH is 1. The van der Waals surface area contributed by atoms with E-state index in [0.29, 0.717) is 6.54 Å². The van der Waals surface area contributed by atoms with E-state index in [-0.39, 0.29) is 25.2 Å². The van der Waals surface area contributed by atoms with Crippen molar-refractivity contribution in [1.82, 2.24) is 4.90 Å². The fourth-order valence-corrected chi connectivity index (χ4v) is 4.95. The maximum Gasteiger partial charge on any atom is 0.231 e. The van der Waals surface area contributed by atoms with Gasteiger partial charge in [0.05, 0.1) is 17.6 Å². The molecule has 0 aromatic heterocycles. The van der Waals surface area contributed by atoms with Gasteiger partial charge in [-0.1, -0.05) is 12.2 Å². The molecule has 1 N–H and O–H groups in total. The fourth-order valence-electron chi connectivity index (χ4n) is 4.95. The van der Waals surface area contributed by atoms with Gasteiger partial charge in [0.15, 0.2) is 11.5 Å². The van der Waals surface area contributed by atoms with Gasteiger partial charge < -0.3 is 24.1 Å². The summed E-state index contributed by atoms with van der Waals surface area (Å²) >= 11 is 0. The lowest BCUT2D eigenvalue weighted by molar-refractivity contribution is -0.0668. The van der Waals surface area contributed by atoms with Gasteiger partial charge in [-0.15, -0.1) is 0 Å². The molecule has 0 radical (unpaired) electrons. The summed E-state index contributed by atoms with van der Waals surface area (Å²) < 4.78 is 22.5. The molecule has 5 rings (SSSR count). The highest BCUT2D eigenvalue weighted by Crippen LogP contribution is 2.57. The Morgan fingerprint density at radius 2 is 2.00 bits per heavy atom. The van der Waals surface area contributed by atoms with Gasteiger partial charge in [-0.3, -0.25) is 4.90 Å². The van der Waals surface area contributed by atoms with Crippen LogP contribution in [0.2, 0.25) is 0 Å². The van der Waals surface area contributed by atoms with Crippen LogP contribution in [-0.4, -0.2) is 55.8 Å². The van der Waals surface area contributed by atoms with E-state index >= 15 is 0 Å². The van der Waals surface area contributed by atoms with E-state index in [1.807, 2.05) is 12.1 Å². The predicted molar refractivity (Wildman–Crippen MR) is 85.0 cm³/mol. The Morgan fingerprint density at radius 3 is 2.75 bits per heavy atom. The first-order chi connectivity index (χ1) is 11.7. The first-order valence-corrected chi connectivity index (χ1v) is 8.32. The molecule has 1 aromatic rings. The summed E-state index contributed by atoms with van der Waals surface area (Å²) in [5.41, 5.74) is 1.69. The normalized spacial score (nSPS) is 41.2. The smallest absolute Gasteiger partial charge is 0.231 e. The highest BCUT2D eigenvalue weighted by molar-refractivity contribution is 5.57. The van der Waals surface area contributed by atoms with Gasteiger partial charge in [0.25, 0.3) is 0 Å². The maximum atomic E-state index is 11.0. The third-order valence-electron chi connectivity index (χ3n) is 6.03. The minimum Gasteiger partial charge on any atom is -0.454 e. The molecule has 2 bridgehead atoms. The molecular weight excluding hydrogens is 310 g/mol. The van der Waals surface area contributed by atoms with E-state index in [1.54, 1.807) is 14.2 Å². The number of methoxy groups -OCH3 is 2. The number of aliphatic hydroxyl groups is 1.